The highest BCUT2D eigenvalue weighted by atomic mass is 79.9. The summed E-state index contributed by atoms with van der Waals surface area (Å²) in [7, 11) is 0. The number of rotatable bonds is 11. The second kappa shape index (κ2) is 18.8. The third-order valence-electron chi connectivity index (χ3n) is 6.79. The Labute approximate surface area is 258 Å². The van der Waals surface area contributed by atoms with Gasteiger partial charge in [0.25, 0.3) is 0 Å². The van der Waals surface area contributed by atoms with Crippen LogP contribution in [0.2, 0.25) is 0 Å². The molecule has 0 saturated heterocycles. The van der Waals surface area contributed by atoms with Crippen LogP contribution in [0.3, 0.4) is 0 Å². The normalized spacial score (nSPS) is 12.7. The lowest BCUT2D eigenvalue weighted by molar-refractivity contribution is -0.141. The first-order valence-corrected chi connectivity index (χ1v) is 14.9. The Morgan fingerprint density at radius 3 is 1.93 bits per heavy atom. The van der Waals surface area contributed by atoms with Crippen molar-refractivity contribution in [1.82, 2.24) is 5.32 Å². The van der Waals surface area contributed by atoms with Gasteiger partial charge in [-0.25, -0.2) is 4.79 Å². The van der Waals surface area contributed by atoms with E-state index in [1.54, 1.807) is 12.1 Å². The van der Waals surface area contributed by atoms with E-state index in [4.69, 9.17) is 15.2 Å². The van der Waals surface area contributed by atoms with Crippen LogP contribution in [-0.4, -0.2) is 37.0 Å². The van der Waals surface area contributed by atoms with Crippen molar-refractivity contribution in [2.24, 2.45) is 0 Å². The molecule has 3 N–H and O–H groups in total. The number of anilines is 1. The molecule has 0 heterocycles. The van der Waals surface area contributed by atoms with Crippen LogP contribution in [0.5, 0.6) is 0 Å². The number of nitrogen functional groups attached to an aromatic ring is 1. The quantitative estimate of drug-likeness (QED) is 0.0968. The summed E-state index contributed by atoms with van der Waals surface area (Å²) in [5, 5.41) is 3.55. The molecule has 0 radical (unpaired) electrons. The van der Waals surface area contributed by atoms with Gasteiger partial charge in [0.05, 0.1) is 24.5 Å². The van der Waals surface area contributed by atoms with Crippen LogP contribution < -0.4 is 11.1 Å². The lowest BCUT2D eigenvalue weighted by Gasteiger charge is -2.23. The van der Waals surface area contributed by atoms with E-state index in [1.165, 1.54) is 39.0 Å². The smallest absolute Gasteiger partial charge is 0.338 e. The summed E-state index contributed by atoms with van der Waals surface area (Å²) in [6.45, 7) is 2.65. The Hall–Kier alpha value is -3.49. The van der Waals surface area contributed by atoms with Crippen LogP contribution in [0.25, 0.3) is 0 Å². The molecule has 0 aliphatic heterocycles. The molecule has 42 heavy (non-hydrogen) atoms. The van der Waals surface area contributed by atoms with Crippen molar-refractivity contribution in [1.29, 1.82) is 0 Å². The minimum atomic E-state index is -0.373. The molecule has 4 rings (SSSR count). The molecule has 0 unspecified atom stereocenters. The van der Waals surface area contributed by atoms with Gasteiger partial charge in [-0.1, -0.05) is 87.4 Å². The van der Waals surface area contributed by atoms with Crippen molar-refractivity contribution >= 4 is 39.3 Å². The summed E-state index contributed by atoms with van der Waals surface area (Å²) in [6, 6.07) is 22.6. The maximum Gasteiger partial charge on any atom is 0.338 e. The molecule has 8 heteroatoms. The average Bonchev–Trinajstić information content (AvgIpc) is 3.00. The highest BCUT2D eigenvalue weighted by Crippen LogP contribution is 2.27. The van der Waals surface area contributed by atoms with Crippen molar-refractivity contribution in [3.63, 3.8) is 0 Å². The molecule has 1 saturated carbocycles. The molecule has 226 valence electrons. The third kappa shape index (κ3) is 11.8. The molecule has 3 aromatic carbocycles. The van der Waals surface area contributed by atoms with Gasteiger partial charge in [0.1, 0.15) is 0 Å². The summed E-state index contributed by atoms with van der Waals surface area (Å²) < 4.78 is 10.9. The number of hydrogen-bond donors (Lipinski definition) is 2. The Balaban J connectivity index is 0.000000344. The van der Waals surface area contributed by atoms with E-state index < -0.39 is 0 Å². The average molecular weight is 640 g/mol. The second-order valence-corrected chi connectivity index (χ2v) is 10.8. The SMILES string of the molecule is C.CC(=O)OCCCCOC(=O)c1cc(Br)c(N)c(CNC2CCCCC2)c1.O=C(c1ccccc1)c1ccccc1. The number of carbonyl (C=O) groups is 3. The fourth-order valence-electron chi connectivity index (χ4n) is 4.51. The van der Waals surface area contributed by atoms with Gasteiger partial charge in [-0.15, -0.1) is 0 Å². The number of benzene rings is 3. The van der Waals surface area contributed by atoms with Crippen molar-refractivity contribution in [3.05, 3.63) is 99.5 Å². The fraction of sp³-hybridized carbons (Fsp3) is 0.382. The summed E-state index contributed by atoms with van der Waals surface area (Å²) in [5.74, 6) is -0.596. The van der Waals surface area contributed by atoms with Crippen LogP contribution in [0.15, 0.2) is 77.3 Å². The molecular formula is C34H43BrN2O5. The molecule has 1 aliphatic rings. The monoisotopic (exact) mass is 638 g/mol. The second-order valence-electron chi connectivity index (χ2n) is 9.99. The number of esters is 2. The van der Waals surface area contributed by atoms with Gasteiger partial charge in [-0.3, -0.25) is 9.59 Å². The standard InChI is InChI=1S/C20H29BrN2O4.C13H10O.CH4/c1-14(24)26-9-5-6-10-27-20(25)15-11-16(19(22)18(21)12-15)13-23-17-7-3-2-4-8-17;14-13(11-7-3-1-4-8-11)12-9-5-2-6-10-12;/h11-12,17,23H,2-10,13,22H2,1H3;1-10H;1H4. The maximum atomic E-state index is 12.3. The van der Waals surface area contributed by atoms with Crippen LogP contribution in [0, 0.1) is 0 Å². The number of halogens is 1. The van der Waals surface area contributed by atoms with E-state index in [9.17, 15) is 14.4 Å². The predicted molar refractivity (Wildman–Crippen MR) is 171 cm³/mol. The van der Waals surface area contributed by atoms with Gasteiger partial charge in [0.15, 0.2) is 5.78 Å². The molecule has 0 aromatic heterocycles. The molecule has 1 fully saturated rings. The number of carbonyl (C=O) groups excluding carboxylic acids is 3. The Morgan fingerprint density at radius 2 is 1.38 bits per heavy atom. The van der Waals surface area contributed by atoms with Gasteiger partial charge in [-0.2, -0.15) is 0 Å². The molecular weight excluding hydrogens is 596 g/mol. The first-order chi connectivity index (χ1) is 19.8. The maximum absolute atomic E-state index is 12.3. The van der Waals surface area contributed by atoms with Crippen molar-refractivity contribution < 1.29 is 23.9 Å². The first kappa shape index (κ1) is 34.7. The Kier molecular flexibility index (Phi) is 15.6. The molecule has 0 atom stereocenters. The van der Waals surface area contributed by atoms with E-state index in [1.807, 2.05) is 60.7 Å². The topological polar surface area (TPSA) is 108 Å². The lowest BCUT2D eigenvalue weighted by atomic mass is 9.95. The zero-order valence-electron chi connectivity index (χ0n) is 23.6. The van der Waals surface area contributed by atoms with E-state index >= 15 is 0 Å². The van der Waals surface area contributed by atoms with Crippen molar-refractivity contribution in [2.45, 2.75) is 71.9 Å². The van der Waals surface area contributed by atoms with Crippen LogP contribution in [-0.2, 0) is 20.8 Å². The highest BCUT2D eigenvalue weighted by Gasteiger charge is 2.16. The largest absolute Gasteiger partial charge is 0.466 e. The van der Waals surface area contributed by atoms with Crippen LogP contribution in [0.1, 0.15) is 91.1 Å². The van der Waals surface area contributed by atoms with Gasteiger partial charge < -0.3 is 20.5 Å². The number of unbranched alkanes of at least 4 members (excludes halogenated alkanes) is 1. The number of ketones is 1. The number of nitrogens with one attached hydrogen (secondary N) is 1. The zero-order chi connectivity index (χ0) is 29.5. The fourth-order valence-corrected chi connectivity index (χ4v) is 5.02. The molecule has 1 aliphatic carbocycles. The number of ether oxygens (including phenoxy) is 2. The van der Waals surface area contributed by atoms with E-state index in [0.29, 0.717) is 47.8 Å². The van der Waals surface area contributed by atoms with E-state index in [2.05, 4.69) is 21.2 Å². The lowest BCUT2D eigenvalue weighted by Crippen LogP contribution is -2.30. The first-order valence-electron chi connectivity index (χ1n) is 14.1. The predicted octanol–water partition coefficient (Wildman–Crippen LogP) is 7.51. The van der Waals surface area contributed by atoms with Crippen molar-refractivity contribution in [3.8, 4) is 0 Å². The minimum Gasteiger partial charge on any atom is -0.466 e. The summed E-state index contributed by atoms with van der Waals surface area (Å²) in [5.41, 5.74) is 9.67. The Bertz CT molecular complexity index is 1220. The summed E-state index contributed by atoms with van der Waals surface area (Å²) in [6.07, 6.45) is 7.53. The third-order valence-corrected chi connectivity index (χ3v) is 7.44. The summed E-state index contributed by atoms with van der Waals surface area (Å²) in [4.78, 5) is 34.9. The molecule has 0 amide bonds. The Morgan fingerprint density at radius 1 is 0.833 bits per heavy atom. The molecule has 7 nitrogen and oxygen atoms in total. The minimum absolute atomic E-state index is 0. The number of nitrogens with two attached hydrogens (primary N) is 1. The van der Waals surface area contributed by atoms with Gasteiger partial charge in [0.2, 0.25) is 0 Å². The van der Waals surface area contributed by atoms with Gasteiger partial charge in [-0.05, 0) is 59.3 Å². The number of hydrogen-bond acceptors (Lipinski definition) is 7. The van der Waals surface area contributed by atoms with E-state index in [0.717, 1.165) is 16.7 Å². The van der Waals surface area contributed by atoms with Crippen LogP contribution in [0.4, 0.5) is 5.69 Å². The summed E-state index contributed by atoms with van der Waals surface area (Å²) >= 11 is 3.44. The molecule has 0 bridgehead atoms. The van der Waals surface area contributed by atoms with Gasteiger partial charge >= 0.3 is 11.9 Å². The van der Waals surface area contributed by atoms with Crippen LogP contribution >= 0.6 is 15.9 Å². The molecule has 3 aromatic rings. The van der Waals surface area contributed by atoms with Crippen molar-refractivity contribution in [2.75, 3.05) is 18.9 Å². The van der Waals surface area contributed by atoms with E-state index in [-0.39, 0.29) is 31.8 Å². The van der Waals surface area contributed by atoms with Gasteiger partial charge in [0, 0.05) is 35.1 Å². The molecule has 0 spiro atoms. The zero-order valence-corrected chi connectivity index (χ0v) is 25.2. The highest BCUT2D eigenvalue weighted by molar-refractivity contribution is 9.10.